The van der Waals surface area contributed by atoms with E-state index in [9.17, 15) is 5.11 Å². The highest BCUT2D eigenvalue weighted by Crippen LogP contribution is 2.32. The summed E-state index contributed by atoms with van der Waals surface area (Å²) < 4.78 is 5.84. The largest absolute Gasteiger partial charge is 0.504 e. The van der Waals surface area contributed by atoms with Gasteiger partial charge in [-0.05, 0) is 64.9 Å². The van der Waals surface area contributed by atoms with Gasteiger partial charge in [0.25, 0.3) is 0 Å². The molecule has 2 rings (SSSR count). The molecule has 0 unspecified atom stereocenters. The van der Waals surface area contributed by atoms with E-state index in [4.69, 9.17) is 16.3 Å². The number of hydrogen-bond acceptors (Lipinski definition) is 3. The van der Waals surface area contributed by atoms with Crippen molar-refractivity contribution in [3.8, 4) is 11.5 Å². The van der Waals surface area contributed by atoms with Gasteiger partial charge in [-0.3, -0.25) is 4.99 Å². The van der Waals surface area contributed by atoms with Crippen molar-refractivity contribution in [1.29, 1.82) is 0 Å². The predicted molar refractivity (Wildman–Crippen MR) is 90.8 cm³/mol. The molecule has 0 spiro atoms. The van der Waals surface area contributed by atoms with Crippen LogP contribution in [0.5, 0.6) is 11.5 Å². The van der Waals surface area contributed by atoms with Gasteiger partial charge in [0.15, 0.2) is 11.5 Å². The first-order chi connectivity index (χ1) is 9.51. The molecular weight excluding hydrogens is 389 g/mol. The predicted octanol–water partition coefficient (Wildman–Crippen LogP) is 4.72. The number of rotatable bonds is 3. The number of aryl methyl sites for hydroxylation is 1. The first-order valence-electron chi connectivity index (χ1n) is 5.88. The summed E-state index contributed by atoms with van der Waals surface area (Å²) in [5, 5.41) is 10.4. The van der Waals surface area contributed by atoms with E-state index in [0.717, 1.165) is 16.8 Å². The van der Waals surface area contributed by atoms with Crippen LogP contribution in [-0.2, 0) is 0 Å². The number of hydrogen-bond donors (Lipinski definition) is 1. The van der Waals surface area contributed by atoms with Crippen molar-refractivity contribution in [2.75, 3.05) is 7.11 Å². The number of phenols is 1. The Bertz CT molecular complexity index is 671. The summed E-state index contributed by atoms with van der Waals surface area (Å²) in [7, 11) is 1.52. The Morgan fingerprint density at radius 1 is 1.30 bits per heavy atom. The number of phenolic OH excluding ortho intramolecular Hbond substituents is 1. The van der Waals surface area contributed by atoms with Crippen molar-refractivity contribution < 1.29 is 9.84 Å². The summed E-state index contributed by atoms with van der Waals surface area (Å²) in [5.74, 6) is 0.574. The van der Waals surface area contributed by atoms with Gasteiger partial charge in [0.2, 0.25) is 0 Å². The van der Waals surface area contributed by atoms with Crippen LogP contribution in [0.2, 0.25) is 5.02 Å². The van der Waals surface area contributed by atoms with Gasteiger partial charge in [-0.15, -0.1) is 0 Å². The molecule has 3 nitrogen and oxygen atoms in total. The number of aliphatic imine (C=N–C) groups is 1. The van der Waals surface area contributed by atoms with Gasteiger partial charge in [-0.2, -0.15) is 0 Å². The zero-order valence-electron chi connectivity index (χ0n) is 11.0. The lowest BCUT2D eigenvalue weighted by atomic mass is 10.2. The number of methoxy groups -OCH3 is 1. The number of aromatic hydroxyl groups is 1. The van der Waals surface area contributed by atoms with Crippen LogP contribution in [0, 0.1) is 10.5 Å². The summed E-state index contributed by atoms with van der Waals surface area (Å²) in [6.07, 6.45) is 1.72. The van der Waals surface area contributed by atoms with E-state index < -0.39 is 0 Å². The van der Waals surface area contributed by atoms with Crippen molar-refractivity contribution in [2.45, 2.75) is 6.92 Å². The van der Waals surface area contributed by atoms with Crippen molar-refractivity contribution >= 4 is 46.1 Å². The lowest BCUT2D eigenvalue weighted by Gasteiger charge is -2.06. The van der Waals surface area contributed by atoms with E-state index in [-0.39, 0.29) is 5.75 Å². The molecule has 0 saturated carbocycles. The highest BCUT2D eigenvalue weighted by molar-refractivity contribution is 14.1. The van der Waals surface area contributed by atoms with Crippen molar-refractivity contribution in [1.82, 2.24) is 0 Å². The van der Waals surface area contributed by atoms with Crippen LogP contribution in [0.15, 0.2) is 35.3 Å². The van der Waals surface area contributed by atoms with Crippen LogP contribution in [0.3, 0.4) is 0 Å². The summed E-state index contributed by atoms with van der Waals surface area (Å²) in [4.78, 5) is 4.43. The van der Waals surface area contributed by atoms with Crippen LogP contribution >= 0.6 is 34.2 Å². The van der Waals surface area contributed by atoms with Crippen molar-refractivity contribution in [2.24, 2.45) is 4.99 Å². The molecule has 0 atom stereocenters. The zero-order valence-corrected chi connectivity index (χ0v) is 13.9. The first-order valence-corrected chi connectivity index (χ1v) is 7.33. The third kappa shape index (κ3) is 3.43. The molecule has 0 fully saturated rings. The van der Waals surface area contributed by atoms with Crippen molar-refractivity contribution in [3.05, 3.63) is 50.1 Å². The van der Waals surface area contributed by atoms with Crippen LogP contribution in [0.4, 0.5) is 5.69 Å². The number of halogens is 2. The minimum absolute atomic E-state index is 0.143. The third-order valence-electron chi connectivity index (χ3n) is 2.79. The van der Waals surface area contributed by atoms with E-state index in [1.807, 2.05) is 31.2 Å². The van der Waals surface area contributed by atoms with Crippen LogP contribution in [0.25, 0.3) is 0 Å². The number of ether oxygens (including phenoxy) is 1. The minimum Gasteiger partial charge on any atom is -0.504 e. The Morgan fingerprint density at radius 3 is 2.75 bits per heavy atom. The minimum atomic E-state index is 0.143. The molecule has 0 aliphatic rings. The van der Waals surface area contributed by atoms with E-state index in [1.165, 1.54) is 7.11 Å². The molecule has 0 aliphatic heterocycles. The molecule has 0 amide bonds. The SMILES string of the molecule is COc1cc(C=Nc2cc(Cl)ccc2C)cc(I)c1O. The molecule has 1 N–H and O–H groups in total. The summed E-state index contributed by atoms with van der Waals surface area (Å²) in [6, 6.07) is 9.15. The van der Waals surface area contributed by atoms with Crippen LogP contribution < -0.4 is 4.74 Å². The average Bonchev–Trinajstić information content (AvgIpc) is 2.43. The maximum Gasteiger partial charge on any atom is 0.171 e. The second-order valence-corrected chi connectivity index (χ2v) is 5.84. The normalized spacial score (nSPS) is 11.0. The maximum atomic E-state index is 9.79. The Morgan fingerprint density at radius 2 is 2.05 bits per heavy atom. The van der Waals surface area contributed by atoms with Gasteiger partial charge in [-0.1, -0.05) is 17.7 Å². The van der Waals surface area contributed by atoms with E-state index in [2.05, 4.69) is 27.6 Å². The fourth-order valence-electron chi connectivity index (χ4n) is 1.69. The lowest BCUT2D eigenvalue weighted by Crippen LogP contribution is -1.90. The number of benzene rings is 2. The second-order valence-electron chi connectivity index (χ2n) is 4.24. The van der Waals surface area contributed by atoms with Gasteiger partial charge in [-0.25, -0.2) is 0 Å². The molecule has 0 radical (unpaired) electrons. The van der Waals surface area contributed by atoms with E-state index >= 15 is 0 Å². The smallest absolute Gasteiger partial charge is 0.171 e. The van der Waals surface area contributed by atoms with E-state index in [0.29, 0.717) is 14.3 Å². The average molecular weight is 402 g/mol. The Hall–Kier alpha value is -1.27. The molecule has 0 bridgehead atoms. The lowest BCUT2D eigenvalue weighted by molar-refractivity contribution is 0.371. The van der Waals surface area contributed by atoms with Crippen LogP contribution in [-0.4, -0.2) is 18.4 Å². The summed E-state index contributed by atoms with van der Waals surface area (Å²) in [5.41, 5.74) is 2.72. The third-order valence-corrected chi connectivity index (χ3v) is 3.85. The topological polar surface area (TPSA) is 41.8 Å². The Balaban J connectivity index is 2.36. The second kappa shape index (κ2) is 6.45. The molecule has 2 aromatic rings. The molecule has 0 saturated heterocycles. The molecule has 0 heterocycles. The van der Waals surface area contributed by atoms with Gasteiger partial charge in [0.05, 0.1) is 16.4 Å². The monoisotopic (exact) mass is 401 g/mol. The van der Waals surface area contributed by atoms with Gasteiger partial charge in [0, 0.05) is 11.2 Å². The molecule has 5 heteroatoms. The van der Waals surface area contributed by atoms with Crippen molar-refractivity contribution in [3.63, 3.8) is 0 Å². The molecule has 20 heavy (non-hydrogen) atoms. The fraction of sp³-hybridized carbons (Fsp3) is 0.133. The zero-order chi connectivity index (χ0) is 14.7. The Kier molecular flexibility index (Phi) is 4.88. The molecule has 0 aliphatic carbocycles. The van der Waals surface area contributed by atoms with Gasteiger partial charge in [0.1, 0.15) is 0 Å². The fourth-order valence-corrected chi connectivity index (χ4v) is 2.48. The highest BCUT2D eigenvalue weighted by Gasteiger charge is 2.07. The first kappa shape index (κ1) is 15.1. The standard InChI is InChI=1S/C15H13ClINO2/c1-9-3-4-11(16)7-13(9)18-8-10-5-12(17)15(19)14(6-10)20-2/h3-8,19H,1-2H3. The highest BCUT2D eigenvalue weighted by atomic mass is 127. The molecular formula is C15H13ClINO2. The quantitative estimate of drug-likeness (QED) is 0.597. The summed E-state index contributed by atoms with van der Waals surface area (Å²) in [6.45, 7) is 1.98. The number of nitrogens with zero attached hydrogens (tertiary/aromatic N) is 1. The van der Waals surface area contributed by atoms with Gasteiger partial charge >= 0.3 is 0 Å². The Labute approximate surface area is 136 Å². The van der Waals surface area contributed by atoms with E-state index in [1.54, 1.807) is 12.3 Å². The molecule has 2 aromatic carbocycles. The maximum absolute atomic E-state index is 9.79. The van der Waals surface area contributed by atoms with Gasteiger partial charge < -0.3 is 9.84 Å². The molecule has 0 aromatic heterocycles. The molecule has 104 valence electrons. The summed E-state index contributed by atoms with van der Waals surface area (Å²) >= 11 is 8.02. The van der Waals surface area contributed by atoms with Crippen LogP contribution in [0.1, 0.15) is 11.1 Å².